The predicted molar refractivity (Wildman–Crippen MR) is 144 cm³/mol. The smallest absolute Gasteiger partial charge is 0.316 e. The number of aliphatic hydroxyl groups excluding tert-OH is 1. The minimum atomic E-state index is -0.999. The Balaban J connectivity index is 1.88. The molecule has 0 radical (unpaired) electrons. The SMILES string of the molecule is CCOC(=O)CSc1c(O)c2c(c(O)c1SCC(=O)OCC)[C@H](CO)N1C(C#N)[C@@H]3C[C@@H](C(=O)O)[C@@H](N3)[C@@H]1C2C. The third kappa shape index (κ3) is 5.21. The summed E-state index contributed by atoms with van der Waals surface area (Å²) in [5.41, 5.74) is 0.515. The van der Waals surface area contributed by atoms with Gasteiger partial charge in [-0.1, -0.05) is 6.92 Å². The van der Waals surface area contributed by atoms with Gasteiger partial charge >= 0.3 is 17.9 Å². The predicted octanol–water partition coefficient (Wildman–Crippen LogP) is 1.57. The van der Waals surface area contributed by atoms with Gasteiger partial charge < -0.3 is 35.2 Å². The van der Waals surface area contributed by atoms with E-state index in [9.17, 15) is 40.1 Å². The third-order valence-electron chi connectivity index (χ3n) is 7.76. The van der Waals surface area contributed by atoms with E-state index in [0.717, 1.165) is 23.5 Å². The maximum atomic E-state index is 12.2. The van der Waals surface area contributed by atoms with Crippen LogP contribution in [0.25, 0.3) is 0 Å². The lowest BCUT2D eigenvalue weighted by Crippen LogP contribution is -2.67. The number of fused-ring (bicyclic) bond motifs is 5. The lowest BCUT2D eigenvalue weighted by atomic mass is 9.74. The highest BCUT2D eigenvalue weighted by atomic mass is 32.2. The molecule has 1 aromatic rings. The number of nitrogens with one attached hydrogen (secondary N) is 1. The van der Waals surface area contributed by atoms with E-state index >= 15 is 0 Å². The van der Waals surface area contributed by atoms with Gasteiger partial charge in [0.25, 0.3) is 0 Å². The lowest BCUT2D eigenvalue weighted by molar-refractivity contribution is -0.143. The molecule has 40 heavy (non-hydrogen) atoms. The molecule has 7 atom stereocenters. The first-order chi connectivity index (χ1) is 19.1. The van der Waals surface area contributed by atoms with Crippen LogP contribution in [0.15, 0.2) is 9.79 Å². The summed E-state index contributed by atoms with van der Waals surface area (Å²) in [5.74, 6) is -4.32. The molecule has 4 rings (SSSR count). The molecule has 0 saturated carbocycles. The number of nitrogens with zero attached hydrogens (tertiary/aromatic N) is 2. The van der Waals surface area contributed by atoms with Gasteiger partial charge in [-0.2, -0.15) is 5.26 Å². The number of thioether (sulfide) groups is 2. The molecule has 0 aromatic heterocycles. The van der Waals surface area contributed by atoms with Crippen LogP contribution in [-0.4, -0.2) is 98.7 Å². The number of phenolic OH excluding ortho intramolecular Hbond substituents is 2. The molecule has 0 amide bonds. The van der Waals surface area contributed by atoms with E-state index in [1.165, 1.54) is 0 Å². The quantitative estimate of drug-likeness (QED) is 0.149. The minimum absolute atomic E-state index is 0.137. The Labute approximate surface area is 240 Å². The number of esters is 2. The van der Waals surface area contributed by atoms with Crippen LogP contribution in [0.2, 0.25) is 0 Å². The Kier molecular flexibility index (Phi) is 9.41. The van der Waals surface area contributed by atoms with Crippen LogP contribution in [-0.2, 0) is 23.9 Å². The zero-order chi connectivity index (χ0) is 29.3. The number of rotatable bonds is 10. The van der Waals surface area contributed by atoms with E-state index in [0.29, 0.717) is 5.56 Å². The second-order valence-corrected chi connectivity index (χ2v) is 11.8. The van der Waals surface area contributed by atoms with Gasteiger partial charge in [-0.3, -0.25) is 19.3 Å². The van der Waals surface area contributed by atoms with Gasteiger partial charge in [0.15, 0.2) is 0 Å². The number of piperazine rings is 1. The Morgan fingerprint density at radius 2 is 1.60 bits per heavy atom. The third-order valence-corrected chi connectivity index (χ3v) is 10.0. The van der Waals surface area contributed by atoms with E-state index in [-0.39, 0.29) is 58.0 Å². The van der Waals surface area contributed by atoms with Gasteiger partial charge in [0.1, 0.15) is 17.5 Å². The van der Waals surface area contributed by atoms with Gasteiger partial charge in [0.2, 0.25) is 0 Å². The summed E-state index contributed by atoms with van der Waals surface area (Å²) in [6.45, 7) is 4.92. The van der Waals surface area contributed by atoms with Gasteiger partial charge in [-0.25, -0.2) is 0 Å². The fourth-order valence-corrected chi connectivity index (χ4v) is 8.32. The number of carboxylic acid groups (broad SMARTS) is 1. The van der Waals surface area contributed by atoms with Crippen molar-refractivity contribution in [3.63, 3.8) is 0 Å². The number of ether oxygens (including phenoxy) is 2. The number of phenols is 2. The molecule has 2 fully saturated rings. The number of aliphatic hydroxyl groups is 1. The number of aromatic hydroxyl groups is 2. The zero-order valence-corrected chi connectivity index (χ0v) is 24.0. The van der Waals surface area contributed by atoms with E-state index in [1.807, 2.05) is 0 Å². The van der Waals surface area contributed by atoms with Crippen molar-refractivity contribution in [2.75, 3.05) is 31.3 Å². The average molecular weight is 596 g/mol. The molecule has 2 unspecified atom stereocenters. The van der Waals surface area contributed by atoms with Crippen molar-refractivity contribution in [1.82, 2.24) is 10.2 Å². The van der Waals surface area contributed by atoms with Crippen LogP contribution >= 0.6 is 23.5 Å². The fourth-order valence-electron chi connectivity index (χ4n) is 6.32. The van der Waals surface area contributed by atoms with Crippen LogP contribution in [0.4, 0.5) is 0 Å². The minimum Gasteiger partial charge on any atom is -0.506 e. The average Bonchev–Trinajstić information content (AvgIpc) is 3.29. The summed E-state index contributed by atoms with van der Waals surface area (Å²) in [4.78, 5) is 38.5. The second kappa shape index (κ2) is 12.4. The molecule has 14 heteroatoms. The number of hydrogen-bond donors (Lipinski definition) is 5. The molecule has 3 aliphatic heterocycles. The highest BCUT2D eigenvalue weighted by molar-refractivity contribution is 8.03. The molecule has 3 aliphatic rings. The number of carboxylic acids is 1. The topological polar surface area (TPSA) is 190 Å². The first-order valence-electron chi connectivity index (χ1n) is 13.1. The van der Waals surface area contributed by atoms with Crippen molar-refractivity contribution in [3.8, 4) is 17.6 Å². The maximum absolute atomic E-state index is 12.2. The molecule has 3 heterocycles. The molecule has 12 nitrogen and oxygen atoms in total. The molecule has 2 bridgehead atoms. The van der Waals surface area contributed by atoms with Crippen LogP contribution in [0, 0.1) is 17.2 Å². The zero-order valence-electron chi connectivity index (χ0n) is 22.3. The summed E-state index contributed by atoms with van der Waals surface area (Å²) < 4.78 is 10.0. The van der Waals surface area contributed by atoms with E-state index in [4.69, 9.17) is 9.47 Å². The normalized spacial score (nSPS) is 28.7. The standard InChI is InChI=1S/C26H33N3O9S2/c1-4-37-16(31)9-39-24-22(33)18-11(3)21-20-12(26(35)36)6-13(28-20)14(7-27)29(21)15(8-30)19(18)23(34)25(24)40-10-17(32)38-5-2/h11-15,20-21,28,30,33-34H,4-6,8-10H2,1-3H3,(H,35,36)/t11?,12-,13+,14?,15+,20-,21+/m1/s1. The molecule has 1 aromatic carbocycles. The van der Waals surface area contributed by atoms with Gasteiger partial charge in [-0.05, 0) is 20.3 Å². The van der Waals surface area contributed by atoms with Gasteiger partial charge in [0, 0.05) is 35.2 Å². The van der Waals surface area contributed by atoms with Crippen molar-refractivity contribution in [2.45, 2.75) is 73.1 Å². The number of benzene rings is 1. The van der Waals surface area contributed by atoms with Crippen LogP contribution in [0.1, 0.15) is 50.3 Å². The van der Waals surface area contributed by atoms with Crippen molar-refractivity contribution < 1.29 is 44.3 Å². The van der Waals surface area contributed by atoms with Crippen molar-refractivity contribution >= 4 is 41.4 Å². The fraction of sp³-hybridized carbons (Fsp3) is 0.615. The second-order valence-electron chi connectivity index (χ2n) is 9.85. The van der Waals surface area contributed by atoms with Gasteiger partial charge in [-0.15, -0.1) is 23.5 Å². The van der Waals surface area contributed by atoms with Crippen molar-refractivity contribution in [1.29, 1.82) is 5.26 Å². The van der Waals surface area contributed by atoms with E-state index < -0.39 is 66.6 Å². The Hall–Kier alpha value is -2.70. The first kappa shape index (κ1) is 30.3. The molecule has 0 aliphatic carbocycles. The first-order valence-corrected chi connectivity index (χ1v) is 15.0. The summed E-state index contributed by atoms with van der Waals surface area (Å²) in [5, 5.41) is 57.3. The number of aliphatic carboxylic acids is 1. The van der Waals surface area contributed by atoms with Gasteiger partial charge in [0.05, 0.1) is 59.1 Å². The molecule has 5 N–H and O–H groups in total. The Morgan fingerprint density at radius 3 is 2.08 bits per heavy atom. The maximum Gasteiger partial charge on any atom is 0.316 e. The van der Waals surface area contributed by atoms with E-state index in [2.05, 4.69) is 11.4 Å². The number of nitriles is 1. The van der Waals surface area contributed by atoms with Crippen molar-refractivity contribution in [2.24, 2.45) is 5.92 Å². The highest BCUT2D eigenvalue weighted by Gasteiger charge is 2.59. The van der Waals surface area contributed by atoms with Crippen LogP contribution in [0.3, 0.4) is 0 Å². The van der Waals surface area contributed by atoms with Crippen molar-refractivity contribution in [3.05, 3.63) is 11.1 Å². The molecule has 2 saturated heterocycles. The lowest BCUT2D eigenvalue weighted by Gasteiger charge is -2.54. The summed E-state index contributed by atoms with van der Waals surface area (Å²) in [6, 6.07) is -1.09. The summed E-state index contributed by atoms with van der Waals surface area (Å²) in [6.07, 6.45) is 0.228. The summed E-state index contributed by atoms with van der Waals surface area (Å²) in [7, 11) is 0. The molecule has 218 valence electrons. The Bertz CT molecular complexity index is 1220. The Morgan fingerprint density at radius 1 is 1.05 bits per heavy atom. The molecule has 0 spiro atoms. The summed E-state index contributed by atoms with van der Waals surface area (Å²) >= 11 is 1.87. The monoisotopic (exact) mass is 595 g/mol. The number of carbonyl (C=O) groups is 3. The molecular weight excluding hydrogens is 562 g/mol. The largest absolute Gasteiger partial charge is 0.506 e. The van der Waals surface area contributed by atoms with E-state index in [1.54, 1.807) is 25.7 Å². The highest BCUT2D eigenvalue weighted by Crippen LogP contribution is 2.58. The van der Waals surface area contributed by atoms with Crippen LogP contribution in [0.5, 0.6) is 11.5 Å². The number of carbonyl (C=O) groups excluding carboxylic acids is 2. The number of hydrogen-bond acceptors (Lipinski definition) is 13. The molecular formula is C26H33N3O9S2. The van der Waals surface area contributed by atoms with Crippen LogP contribution < -0.4 is 5.32 Å².